The SMILES string of the molecule is CCN1CCN(c2ccccc2NC(=O)/C=C/c2ccc(OCc3csc(C)n3)cc2)CC1. The molecule has 0 aliphatic carbocycles. The molecule has 1 fully saturated rings. The van der Waals surface area contributed by atoms with Crippen molar-refractivity contribution in [3.63, 3.8) is 0 Å². The fraction of sp³-hybridized carbons (Fsp3) is 0.308. The zero-order chi connectivity index (χ0) is 23.0. The largest absolute Gasteiger partial charge is 0.487 e. The number of para-hydroxylation sites is 2. The molecule has 7 heteroatoms. The molecule has 0 spiro atoms. The Hall–Kier alpha value is -3.16. The minimum Gasteiger partial charge on any atom is -0.487 e. The fourth-order valence-corrected chi connectivity index (χ4v) is 4.41. The van der Waals surface area contributed by atoms with E-state index in [2.05, 4.69) is 33.1 Å². The normalized spacial score (nSPS) is 14.5. The highest BCUT2D eigenvalue weighted by atomic mass is 32.1. The van der Waals surface area contributed by atoms with E-state index in [-0.39, 0.29) is 5.91 Å². The first-order valence-electron chi connectivity index (χ1n) is 11.3. The van der Waals surface area contributed by atoms with Crippen LogP contribution in [-0.2, 0) is 11.4 Å². The van der Waals surface area contributed by atoms with Crippen molar-refractivity contribution in [2.75, 3.05) is 42.9 Å². The summed E-state index contributed by atoms with van der Waals surface area (Å²) in [5.74, 6) is 0.633. The van der Waals surface area contributed by atoms with Crippen molar-refractivity contribution >= 4 is 34.7 Å². The summed E-state index contributed by atoms with van der Waals surface area (Å²) in [5, 5.41) is 6.09. The first kappa shape index (κ1) is 23.0. The smallest absolute Gasteiger partial charge is 0.248 e. The Morgan fingerprint density at radius 3 is 2.58 bits per heavy atom. The molecule has 1 saturated heterocycles. The van der Waals surface area contributed by atoms with Crippen molar-refractivity contribution in [2.45, 2.75) is 20.5 Å². The summed E-state index contributed by atoms with van der Waals surface area (Å²) in [5.41, 5.74) is 3.79. The van der Waals surface area contributed by atoms with Gasteiger partial charge in [0.25, 0.3) is 0 Å². The third-order valence-electron chi connectivity index (χ3n) is 5.68. The molecule has 0 atom stereocenters. The second-order valence-electron chi connectivity index (χ2n) is 7.98. The van der Waals surface area contributed by atoms with Crippen molar-refractivity contribution < 1.29 is 9.53 Å². The third-order valence-corrected chi connectivity index (χ3v) is 6.50. The van der Waals surface area contributed by atoms with E-state index in [4.69, 9.17) is 4.74 Å². The maximum Gasteiger partial charge on any atom is 0.248 e. The molecule has 1 amide bonds. The van der Waals surface area contributed by atoms with E-state index in [0.717, 1.165) is 66.1 Å². The number of carbonyl (C=O) groups is 1. The Morgan fingerprint density at radius 2 is 1.88 bits per heavy atom. The number of nitrogens with zero attached hydrogens (tertiary/aromatic N) is 3. The second kappa shape index (κ2) is 11.1. The van der Waals surface area contributed by atoms with Gasteiger partial charge in [-0.15, -0.1) is 11.3 Å². The first-order valence-corrected chi connectivity index (χ1v) is 12.2. The van der Waals surface area contributed by atoms with Gasteiger partial charge in [-0.3, -0.25) is 4.79 Å². The summed E-state index contributed by atoms with van der Waals surface area (Å²) in [6.07, 6.45) is 3.38. The van der Waals surface area contributed by atoms with Crippen LogP contribution in [0.25, 0.3) is 6.08 Å². The zero-order valence-corrected chi connectivity index (χ0v) is 20.0. The Morgan fingerprint density at radius 1 is 1.12 bits per heavy atom. The molecule has 0 saturated carbocycles. The average molecular weight is 463 g/mol. The van der Waals surface area contributed by atoms with Gasteiger partial charge in [-0.25, -0.2) is 4.98 Å². The van der Waals surface area contributed by atoms with Crippen LogP contribution in [0.1, 0.15) is 23.2 Å². The van der Waals surface area contributed by atoms with Crippen LogP contribution in [0, 0.1) is 6.92 Å². The van der Waals surface area contributed by atoms with Crippen molar-refractivity contribution in [1.82, 2.24) is 9.88 Å². The van der Waals surface area contributed by atoms with Crippen LogP contribution in [0.5, 0.6) is 5.75 Å². The molecule has 172 valence electrons. The number of nitrogens with one attached hydrogen (secondary N) is 1. The number of anilines is 2. The topological polar surface area (TPSA) is 57.7 Å². The van der Waals surface area contributed by atoms with Crippen LogP contribution in [0.15, 0.2) is 60.0 Å². The summed E-state index contributed by atoms with van der Waals surface area (Å²) >= 11 is 1.62. The number of amides is 1. The van der Waals surface area contributed by atoms with Gasteiger partial charge in [0.2, 0.25) is 5.91 Å². The highest BCUT2D eigenvalue weighted by Crippen LogP contribution is 2.26. The number of hydrogen-bond acceptors (Lipinski definition) is 6. The van der Waals surface area contributed by atoms with Crippen molar-refractivity contribution in [2.24, 2.45) is 0 Å². The molecule has 1 aliphatic heterocycles. The van der Waals surface area contributed by atoms with E-state index in [0.29, 0.717) is 6.61 Å². The molecule has 1 aliphatic rings. The molecule has 1 aromatic heterocycles. The van der Waals surface area contributed by atoms with Gasteiger partial charge in [0, 0.05) is 37.6 Å². The van der Waals surface area contributed by atoms with Crippen LogP contribution in [0.2, 0.25) is 0 Å². The molecule has 4 rings (SSSR count). The van der Waals surface area contributed by atoms with E-state index >= 15 is 0 Å². The Balaban J connectivity index is 1.32. The lowest BCUT2D eigenvalue weighted by Crippen LogP contribution is -2.46. The number of benzene rings is 2. The lowest BCUT2D eigenvalue weighted by Gasteiger charge is -2.36. The molecule has 0 bridgehead atoms. The number of thiazole rings is 1. The van der Waals surface area contributed by atoms with Crippen LogP contribution in [-0.4, -0.2) is 48.5 Å². The van der Waals surface area contributed by atoms with Crippen LogP contribution in [0.3, 0.4) is 0 Å². The summed E-state index contributed by atoms with van der Waals surface area (Å²) in [6, 6.07) is 15.7. The van der Waals surface area contributed by atoms with Gasteiger partial charge in [-0.05, 0) is 49.4 Å². The molecule has 3 aromatic rings. The Bertz CT molecular complexity index is 1090. The van der Waals surface area contributed by atoms with E-state index in [1.165, 1.54) is 0 Å². The molecule has 1 N–H and O–H groups in total. The van der Waals surface area contributed by atoms with E-state index < -0.39 is 0 Å². The maximum atomic E-state index is 12.6. The number of likely N-dealkylation sites (N-methyl/N-ethyl adjacent to an activating group) is 1. The molecule has 0 radical (unpaired) electrons. The van der Waals surface area contributed by atoms with Crippen LogP contribution >= 0.6 is 11.3 Å². The molecule has 33 heavy (non-hydrogen) atoms. The number of aromatic nitrogens is 1. The summed E-state index contributed by atoms with van der Waals surface area (Å²) < 4.78 is 5.78. The van der Waals surface area contributed by atoms with Gasteiger partial charge in [-0.1, -0.05) is 31.2 Å². The quantitative estimate of drug-likeness (QED) is 0.486. The number of carbonyl (C=O) groups excluding carboxylic acids is 1. The number of ether oxygens (including phenoxy) is 1. The Labute approximate surface area is 199 Å². The third kappa shape index (κ3) is 6.43. The lowest BCUT2D eigenvalue weighted by atomic mass is 10.2. The van der Waals surface area contributed by atoms with Crippen molar-refractivity contribution in [1.29, 1.82) is 0 Å². The van der Waals surface area contributed by atoms with E-state index in [1.807, 2.05) is 60.8 Å². The minimum absolute atomic E-state index is 0.145. The van der Waals surface area contributed by atoms with Gasteiger partial charge < -0.3 is 19.9 Å². The van der Waals surface area contributed by atoms with Gasteiger partial charge in [-0.2, -0.15) is 0 Å². The van der Waals surface area contributed by atoms with Gasteiger partial charge in [0.15, 0.2) is 0 Å². The number of rotatable bonds is 8. The van der Waals surface area contributed by atoms with Crippen molar-refractivity contribution in [3.8, 4) is 5.75 Å². The van der Waals surface area contributed by atoms with E-state index in [9.17, 15) is 4.79 Å². The highest BCUT2D eigenvalue weighted by Gasteiger charge is 2.18. The number of hydrogen-bond donors (Lipinski definition) is 1. The molecular formula is C26H30N4O2S. The highest BCUT2D eigenvalue weighted by molar-refractivity contribution is 7.09. The average Bonchev–Trinajstić information content (AvgIpc) is 3.27. The number of aryl methyl sites for hydroxylation is 1. The predicted octanol–water partition coefficient (Wildman–Crippen LogP) is 4.82. The predicted molar refractivity (Wildman–Crippen MR) is 136 cm³/mol. The molecule has 2 aromatic carbocycles. The monoisotopic (exact) mass is 462 g/mol. The minimum atomic E-state index is -0.145. The molecule has 6 nitrogen and oxygen atoms in total. The summed E-state index contributed by atoms with van der Waals surface area (Å²) in [7, 11) is 0. The summed E-state index contributed by atoms with van der Waals surface area (Å²) in [4.78, 5) is 21.8. The lowest BCUT2D eigenvalue weighted by molar-refractivity contribution is -0.111. The fourth-order valence-electron chi connectivity index (χ4n) is 3.81. The zero-order valence-electron chi connectivity index (χ0n) is 19.2. The van der Waals surface area contributed by atoms with Crippen molar-refractivity contribution in [3.05, 3.63) is 76.3 Å². The van der Waals surface area contributed by atoms with Crippen LogP contribution in [0.4, 0.5) is 11.4 Å². The Kier molecular flexibility index (Phi) is 7.75. The standard InChI is InChI=1S/C26H30N4O2S/c1-3-29-14-16-30(17-15-29)25-7-5-4-6-24(25)28-26(31)13-10-21-8-11-23(12-9-21)32-18-22-19-33-20(2)27-22/h4-13,19H,3,14-18H2,1-2H3,(H,28,31)/b13-10+. The molecular weight excluding hydrogens is 432 g/mol. The van der Waals surface area contributed by atoms with Gasteiger partial charge in [0.1, 0.15) is 12.4 Å². The first-order chi connectivity index (χ1) is 16.1. The van der Waals surface area contributed by atoms with E-state index in [1.54, 1.807) is 17.4 Å². The van der Waals surface area contributed by atoms with Gasteiger partial charge >= 0.3 is 0 Å². The summed E-state index contributed by atoms with van der Waals surface area (Å²) in [6.45, 7) is 9.73. The molecule has 2 heterocycles. The molecule has 0 unspecified atom stereocenters. The number of piperazine rings is 1. The van der Waals surface area contributed by atoms with Crippen LogP contribution < -0.4 is 15.0 Å². The maximum absolute atomic E-state index is 12.6. The second-order valence-corrected chi connectivity index (χ2v) is 9.04. The van der Waals surface area contributed by atoms with Gasteiger partial charge in [0.05, 0.1) is 22.1 Å².